The van der Waals surface area contributed by atoms with Crippen LogP contribution in [0.3, 0.4) is 0 Å². The van der Waals surface area contributed by atoms with Crippen LogP contribution in [0.1, 0.15) is 5.56 Å². The van der Waals surface area contributed by atoms with Crippen molar-refractivity contribution in [1.29, 1.82) is 0 Å². The summed E-state index contributed by atoms with van der Waals surface area (Å²) >= 11 is 9.24. The zero-order valence-corrected chi connectivity index (χ0v) is 14.3. The highest BCUT2D eigenvalue weighted by Gasteiger charge is 2.05. The number of aromatic nitrogens is 1. The summed E-state index contributed by atoms with van der Waals surface area (Å²) in [6, 6.07) is 15.8. The molecule has 4 nitrogen and oxygen atoms in total. The lowest BCUT2D eigenvalue weighted by Gasteiger charge is -2.06. The normalized spacial score (nSPS) is 11.0. The van der Waals surface area contributed by atoms with Crippen molar-refractivity contribution in [3.05, 3.63) is 64.5 Å². The largest absolute Gasteiger partial charge is 0.383 e. The molecule has 0 spiro atoms. The fourth-order valence-electron chi connectivity index (χ4n) is 1.82. The maximum Gasteiger partial charge on any atom is 0.205 e. The van der Waals surface area contributed by atoms with E-state index < -0.39 is 0 Å². The van der Waals surface area contributed by atoms with Crippen LogP contribution in [0.2, 0.25) is 5.02 Å². The van der Waals surface area contributed by atoms with E-state index in [4.69, 9.17) is 17.3 Å². The van der Waals surface area contributed by atoms with Crippen LogP contribution < -0.4 is 11.2 Å². The van der Waals surface area contributed by atoms with Gasteiger partial charge in [-0.15, -0.1) is 11.3 Å². The second-order valence-corrected chi connectivity index (χ2v) is 6.87. The van der Waals surface area contributed by atoms with Gasteiger partial charge >= 0.3 is 0 Å². The molecular formula is C16H13ClN4S2. The minimum atomic E-state index is 0.488. The smallest absolute Gasteiger partial charge is 0.205 e. The molecule has 0 fully saturated rings. The molecule has 116 valence electrons. The maximum absolute atomic E-state index is 6.23. The molecule has 3 N–H and O–H groups in total. The number of benzene rings is 2. The Hall–Kier alpha value is -2.02. The van der Waals surface area contributed by atoms with E-state index in [9.17, 15) is 0 Å². The second-order valence-electron chi connectivity index (χ2n) is 4.52. The van der Waals surface area contributed by atoms with Crippen molar-refractivity contribution >= 4 is 51.9 Å². The molecule has 0 atom stereocenters. The fraction of sp³-hybridized carbons (Fsp3) is 0. The number of nitrogens with two attached hydrogens (primary N) is 1. The first-order valence-corrected chi connectivity index (χ1v) is 8.81. The van der Waals surface area contributed by atoms with Gasteiger partial charge in [0.05, 0.1) is 11.2 Å². The van der Waals surface area contributed by atoms with Gasteiger partial charge in [-0.1, -0.05) is 53.7 Å². The molecule has 1 aromatic heterocycles. The topological polar surface area (TPSA) is 63.3 Å². The van der Waals surface area contributed by atoms with Crippen LogP contribution in [0.4, 0.5) is 10.9 Å². The minimum Gasteiger partial charge on any atom is -0.383 e. The maximum atomic E-state index is 6.23. The average molecular weight is 361 g/mol. The zero-order chi connectivity index (χ0) is 16.1. The summed E-state index contributed by atoms with van der Waals surface area (Å²) in [6.07, 6.45) is 1.76. The van der Waals surface area contributed by atoms with Crippen LogP contribution in [-0.4, -0.2) is 11.2 Å². The Balaban J connectivity index is 1.76. The van der Waals surface area contributed by atoms with E-state index in [2.05, 4.69) is 15.5 Å². The Labute approximate surface area is 147 Å². The SMILES string of the molecule is Nc1csc(NN=Cc2ccccc2Sc2ccccc2Cl)n1. The molecule has 1 heterocycles. The second kappa shape index (κ2) is 7.50. The quantitative estimate of drug-likeness (QED) is 0.497. The van der Waals surface area contributed by atoms with E-state index in [1.54, 1.807) is 23.4 Å². The van der Waals surface area contributed by atoms with E-state index in [1.165, 1.54) is 11.3 Å². The molecule has 0 aliphatic rings. The number of nitrogen functional groups attached to an aromatic ring is 1. The van der Waals surface area contributed by atoms with Crippen molar-refractivity contribution < 1.29 is 0 Å². The molecule has 3 rings (SSSR count). The number of rotatable bonds is 5. The summed E-state index contributed by atoms with van der Waals surface area (Å²) in [5, 5.41) is 7.38. The monoisotopic (exact) mass is 360 g/mol. The molecule has 0 saturated carbocycles. The molecule has 2 aromatic carbocycles. The van der Waals surface area contributed by atoms with Gasteiger partial charge in [0.1, 0.15) is 5.82 Å². The molecule has 0 aliphatic heterocycles. The molecule has 0 unspecified atom stereocenters. The first-order valence-electron chi connectivity index (χ1n) is 6.74. The Morgan fingerprint density at radius 1 is 1.13 bits per heavy atom. The van der Waals surface area contributed by atoms with Crippen molar-refractivity contribution in [2.45, 2.75) is 9.79 Å². The number of anilines is 2. The number of hydrazone groups is 1. The highest BCUT2D eigenvalue weighted by atomic mass is 35.5. The van der Waals surface area contributed by atoms with Gasteiger partial charge in [0.2, 0.25) is 5.13 Å². The molecule has 3 aromatic rings. The van der Waals surface area contributed by atoms with E-state index in [1.807, 2.05) is 48.5 Å². The van der Waals surface area contributed by atoms with Gasteiger partial charge in [0, 0.05) is 20.7 Å². The predicted octanol–water partition coefficient (Wildman–Crippen LogP) is 4.98. The third-order valence-electron chi connectivity index (χ3n) is 2.86. The lowest BCUT2D eigenvalue weighted by atomic mass is 10.2. The van der Waals surface area contributed by atoms with Gasteiger partial charge in [-0.2, -0.15) is 5.10 Å². The summed E-state index contributed by atoms with van der Waals surface area (Å²) in [7, 11) is 0. The lowest BCUT2D eigenvalue weighted by molar-refractivity contribution is 1.28. The number of nitrogens with one attached hydrogen (secondary N) is 1. The molecule has 7 heteroatoms. The van der Waals surface area contributed by atoms with Crippen LogP contribution in [-0.2, 0) is 0 Å². The summed E-state index contributed by atoms with van der Waals surface area (Å²) in [4.78, 5) is 6.18. The van der Waals surface area contributed by atoms with Gasteiger partial charge in [0.25, 0.3) is 0 Å². The Kier molecular flexibility index (Phi) is 5.17. The van der Waals surface area contributed by atoms with Gasteiger partial charge in [-0.25, -0.2) is 4.98 Å². The number of thiazole rings is 1. The summed E-state index contributed by atoms with van der Waals surface area (Å²) in [5.41, 5.74) is 9.45. The first-order chi connectivity index (χ1) is 11.2. The van der Waals surface area contributed by atoms with Crippen LogP contribution in [0.15, 0.2) is 68.8 Å². The van der Waals surface area contributed by atoms with Crippen molar-refractivity contribution in [2.75, 3.05) is 11.2 Å². The molecule has 23 heavy (non-hydrogen) atoms. The number of halogens is 1. The van der Waals surface area contributed by atoms with Crippen LogP contribution in [0.25, 0.3) is 0 Å². The van der Waals surface area contributed by atoms with Gasteiger partial charge < -0.3 is 5.73 Å². The van der Waals surface area contributed by atoms with Crippen molar-refractivity contribution in [3.63, 3.8) is 0 Å². The Bertz CT molecular complexity index is 832. The van der Waals surface area contributed by atoms with Crippen molar-refractivity contribution in [3.8, 4) is 0 Å². The molecule has 0 aliphatic carbocycles. The summed E-state index contributed by atoms with van der Waals surface area (Å²) in [6.45, 7) is 0. The van der Waals surface area contributed by atoms with E-state index in [-0.39, 0.29) is 0 Å². The Morgan fingerprint density at radius 2 is 1.87 bits per heavy atom. The molecule has 0 radical (unpaired) electrons. The third-order valence-corrected chi connectivity index (χ3v) is 5.24. The standard InChI is InChI=1S/C16H13ClN4S2/c17-12-6-2-4-8-14(12)23-13-7-3-1-5-11(13)9-19-21-16-20-15(18)10-22-16/h1-10H,18H2,(H,20,21). The molecular weight excluding hydrogens is 348 g/mol. The minimum absolute atomic E-state index is 0.488. The lowest BCUT2D eigenvalue weighted by Crippen LogP contribution is -1.92. The molecule has 0 amide bonds. The highest BCUT2D eigenvalue weighted by molar-refractivity contribution is 7.99. The summed E-state index contributed by atoms with van der Waals surface area (Å²) < 4.78 is 0. The van der Waals surface area contributed by atoms with Gasteiger partial charge in [-0.05, 0) is 18.2 Å². The zero-order valence-electron chi connectivity index (χ0n) is 11.9. The number of nitrogens with zero attached hydrogens (tertiary/aromatic N) is 2. The van der Waals surface area contributed by atoms with Crippen molar-refractivity contribution in [2.24, 2.45) is 5.10 Å². The van der Waals surface area contributed by atoms with Crippen molar-refractivity contribution in [1.82, 2.24) is 4.98 Å². The van der Waals surface area contributed by atoms with Crippen LogP contribution in [0, 0.1) is 0 Å². The van der Waals surface area contributed by atoms with E-state index in [0.717, 1.165) is 20.4 Å². The predicted molar refractivity (Wildman–Crippen MR) is 99.8 cm³/mol. The fourth-order valence-corrected chi connectivity index (χ4v) is 3.55. The summed E-state index contributed by atoms with van der Waals surface area (Å²) in [5.74, 6) is 0.488. The van der Waals surface area contributed by atoms with Crippen LogP contribution >= 0.6 is 34.7 Å². The van der Waals surface area contributed by atoms with Gasteiger partial charge in [-0.3, -0.25) is 5.43 Å². The molecule has 0 saturated heterocycles. The Morgan fingerprint density at radius 3 is 2.61 bits per heavy atom. The highest BCUT2D eigenvalue weighted by Crippen LogP contribution is 2.34. The molecule has 0 bridgehead atoms. The van der Waals surface area contributed by atoms with Crippen LogP contribution in [0.5, 0.6) is 0 Å². The average Bonchev–Trinajstić information content (AvgIpc) is 2.97. The third kappa shape index (κ3) is 4.25. The number of hydrogen-bond donors (Lipinski definition) is 2. The van der Waals surface area contributed by atoms with Gasteiger partial charge in [0.15, 0.2) is 0 Å². The van der Waals surface area contributed by atoms with E-state index >= 15 is 0 Å². The van der Waals surface area contributed by atoms with E-state index in [0.29, 0.717) is 10.9 Å². The number of hydrogen-bond acceptors (Lipinski definition) is 6. The first kappa shape index (κ1) is 15.9.